The molecule has 1 atom stereocenters. The maximum absolute atomic E-state index is 12.5. The van der Waals surface area contributed by atoms with Crippen molar-refractivity contribution in [1.29, 1.82) is 0 Å². The van der Waals surface area contributed by atoms with Crippen LogP contribution in [0.3, 0.4) is 0 Å². The van der Waals surface area contributed by atoms with Crippen molar-refractivity contribution in [3.8, 4) is 0 Å². The highest BCUT2D eigenvalue weighted by Crippen LogP contribution is 2.27. The smallest absolute Gasteiger partial charge is 0.240 e. The highest BCUT2D eigenvalue weighted by molar-refractivity contribution is 5.89. The van der Waals surface area contributed by atoms with E-state index < -0.39 is 5.54 Å². The lowest BCUT2D eigenvalue weighted by atomic mass is 9.81. The van der Waals surface area contributed by atoms with Gasteiger partial charge in [0, 0.05) is 12.6 Å². The molecular weight excluding hydrogens is 278 g/mol. The fraction of sp³-hybridized carbons (Fsp3) is 0.529. The van der Waals surface area contributed by atoms with Gasteiger partial charge in [0.25, 0.3) is 0 Å². The third-order valence-corrected chi connectivity index (χ3v) is 4.25. The number of rotatable bonds is 4. The summed E-state index contributed by atoms with van der Waals surface area (Å²) in [6.45, 7) is 3.40. The van der Waals surface area contributed by atoms with Crippen LogP contribution in [0.1, 0.15) is 57.6 Å². The van der Waals surface area contributed by atoms with Gasteiger partial charge in [-0.1, -0.05) is 31.4 Å². The Balaban J connectivity index is 2.03. The van der Waals surface area contributed by atoms with E-state index in [0.29, 0.717) is 0 Å². The third kappa shape index (κ3) is 4.07. The number of hydrogen-bond acceptors (Lipinski definition) is 3. The molecule has 0 bridgehead atoms. The molecule has 1 aromatic carbocycles. The van der Waals surface area contributed by atoms with Crippen LogP contribution in [0.5, 0.6) is 0 Å². The van der Waals surface area contributed by atoms with E-state index in [1.165, 1.54) is 6.92 Å². The summed E-state index contributed by atoms with van der Waals surface area (Å²) in [6.07, 6.45) is 4.67. The fourth-order valence-corrected chi connectivity index (χ4v) is 2.92. The summed E-state index contributed by atoms with van der Waals surface area (Å²) in [6, 6.07) is 7.34. The molecule has 22 heavy (non-hydrogen) atoms. The monoisotopic (exact) mass is 303 g/mol. The van der Waals surface area contributed by atoms with E-state index in [0.717, 1.165) is 43.4 Å². The Bertz CT molecular complexity index is 551. The first kappa shape index (κ1) is 16.5. The van der Waals surface area contributed by atoms with Crippen LogP contribution in [0.15, 0.2) is 24.3 Å². The SMILES string of the molecule is CC(=O)Nc1cccc(C(C)NC(=O)C2(N)CCCCC2)c1. The lowest BCUT2D eigenvalue weighted by molar-refractivity contribution is -0.128. The predicted molar refractivity (Wildman–Crippen MR) is 87.3 cm³/mol. The number of anilines is 1. The van der Waals surface area contributed by atoms with Crippen LogP contribution in [-0.2, 0) is 9.59 Å². The van der Waals surface area contributed by atoms with Crippen molar-refractivity contribution >= 4 is 17.5 Å². The largest absolute Gasteiger partial charge is 0.348 e. The zero-order valence-electron chi connectivity index (χ0n) is 13.3. The quantitative estimate of drug-likeness (QED) is 0.799. The molecule has 1 saturated carbocycles. The van der Waals surface area contributed by atoms with Crippen molar-refractivity contribution in [2.75, 3.05) is 5.32 Å². The molecule has 1 aliphatic carbocycles. The predicted octanol–water partition coefficient (Wildman–Crippen LogP) is 2.48. The van der Waals surface area contributed by atoms with Gasteiger partial charge in [-0.25, -0.2) is 0 Å². The normalized spacial score (nSPS) is 18.3. The average Bonchev–Trinajstić information content (AvgIpc) is 2.47. The van der Waals surface area contributed by atoms with Crippen LogP contribution in [0.4, 0.5) is 5.69 Å². The highest BCUT2D eigenvalue weighted by atomic mass is 16.2. The summed E-state index contributed by atoms with van der Waals surface area (Å²) in [7, 11) is 0. The molecular formula is C17H25N3O2. The van der Waals surface area contributed by atoms with Crippen molar-refractivity contribution in [2.45, 2.75) is 57.5 Å². The van der Waals surface area contributed by atoms with Gasteiger partial charge in [0.05, 0.1) is 11.6 Å². The van der Waals surface area contributed by atoms with E-state index in [4.69, 9.17) is 5.73 Å². The Morgan fingerprint density at radius 1 is 1.23 bits per heavy atom. The van der Waals surface area contributed by atoms with E-state index in [-0.39, 0.29) is 17.9 Å². The summed E-state index contributed by atoms with van der Waals surface area (Å²) in [4.78, 5) is 23.6. The van der Waals surface area contributed by atoms with Gasteiger partial charge in [-0.15, -0.1) is 0 Å². The van der Waals surface area contributed by atoms with Gasteiger partial charge in [0.1, 0.15) is 0 Å². The molecule has 120 valence electrons. The standard InChI is InChI=1S/C17H25N3O2/c1-12(14-7-6-8-15(11-14)20-13(2)21)19-16(22)17(18)9-4-3-5-10-17/h6-8,11-12H,3-5,9-10,18H2,1-2H3,(H,19,22)(H,20,21). The van der Waals surface area contributed by atoms with Gasteiger partial charge in [-0.2, -0.15) is 0 Å². The number of hydrogen-bond donors (Lipinski definition) is 3. The van der Waals surface area contributed by atoms with Gasteiger partial charge in [-0.3, -0.25) is 9.59 Å². The van der Waals surface area contributed by atoms with E-state index in [2.05, 4.69) is 10.6 Å². The van der Waals surface area contributed by atoms with Crippen LogP contribution in [0, 0.1) is 0 Å². The van der Waals surface area contributed by atoms with Gasteiger partial charge < -0.3 is 16.4 Å². The van der Waals surface area contributed by atoms with Crippen molar-refractivity contribution in [2.24, 2.45) is 5.73 Å². The second-order valence-corrected chi connectivity index (χ2v) is 6.22. The number of carbonyl (C=O) groups excluding carboxylic acids is 2. The summed E-state index contributed by atoms with van der Waals surface area (Å²) >= 11 is 0. The van der Waals surface area contributed by atoms with E-state index >= 15 is 0 Å². The first-order chi connectivity index (χ1) is 10.4. The van der Waals surface area contributed by atoms with Gasteiger partial charge in [-0.05, 0) is 37.5 Å². The van der Waals surface area contributed by atoms with Crippen molar-refractivity contribution in [3.05, 3.63) is 29.8 Å². The Morgan fingerprint density at radius 2 is 1.91 bits per heavy atom. The molecule has 1 aliphatic rings. The number of carbonyl (C=O) groups is 2. The molecule has 2 rings (SSSR count). The van der Waals surface area contributed by atoms with E-state index in [1.807, 2.05) is 31.2 Å². The molecule has 2 amide bonds. The lowest BCUT2D eigenvalue weighted by Gasteiger charge is -2.33. The van der Waals surface area contributed by atoms with Crippen LogP contribution in [-0.4, -0.2) is 17.4 Å². The maximum Gasteiger partial charge on any atom is 0.240 e. The average molecular weight is 303 g/mol. The molecule has 4 N–H and O–H groups in total. The van der Waals surface area contributed by atoms with Crippen LogP contribution in [0.25, 0.3) is 0 Å². The molecule has 0 radical (unpaired) electrons. The Hall–Kier alpha value is -1.88. The molecule has 0 aromatic heterocycles. The van der Waals surface area contributed by atoms with Gasteiger partial charge >= 0.3 is 0 Å². The molecule has 5 heteroatoms. The number of amides is 2. The minimum absolute atomic E-state index is 0.0790. The molecule has 1 aromatic rings. The molecule has 1 fully saturated rings. The maximum atomic E-state index is 12.5. The second-order valence-electron chi connectivity index (χ2n) is 6.22. The molecule has 0 spiro atoms. The zero-order chi connectivity index (χ0) is 16.2. The first-order valence-corrected chi connectivity index (χ1v) is 7.88. The minimum atomic E-state index is -0.734. The zero-order valence-corrected chi connectivity index (χ0v) is 13.3. The van der Waals surface area contributed by atoms with Crippen molar-refractivity contribution < 1.29 is 9.59 Å². The fourth-order valence-electron chi connectivity index (χ4n) is 2.92. The highest BCUT2D eigenvalue weighted by Gasteiger charge is 2.35. The second kappa shape index (κ2) is 6.92. The Labute approximate surface area is 131 Å². The lowest BCUT2D eigenvalue weighted by Crippen LogP contribution is -2.55. The number of benzene rings is 1. The summed E-state index contributed by atoms with van der Waals surface area (Å²) in [5.41, 5.74) is 7.19. The summed E-state index contributed by atoms with van der Waals surface area (Å²) in [5, 5.41) is 5.76. The van der Waals surface area contributed by atoms with Crippen LogP contribution in [0.2, 0.25) is 0 Å². The molecule has 0 saturated heterocycles. The van der Waals surface area contributed by atoms with E-state index in [1.54, 1.807) is 0 Å². The van der Waals surface area contributed by atoms with Crippen molar-refractivity contribution in [1.82, 2.24) is 5.32 Å². The minimum Gasteiger partial charge on any atom is -0.348 e. The molecule has 0 heterocycles. The third-order valence-electron chi connectivity index (χ3n) is 4.25. The molecule has 1 unspecified atom stereocenters. The van der Waals surface area contributed by atoms with E-state index in [9.17, 15) is 9.59 Å². The van der Waals surface area contributed by atoms with Crippen LogP contribution < -0.4 is 16.4 Å². The topological polar surface area (TPSA) is 84.2 Å². The first-order valence-electron chi connectivity index (χ1n) is 7.88. The molecule has 0 aliphatic heterocycles. The number of nitrogens with one attached hydrogen (secondary N) is 2. The number of nitrogens with two attached hydrogens (primary N) is 1. The van der Waals surface area contributed by atoms with Gasteiger partial charge in [0.2, 0.25) is 11.8 Å². The Morgan fingerprint density at radius 3 is 2.55 bits per heavy atom. The van der Waals surface area contributed by atoms with Crippen LogP contribution >= 0.6 is 0 Å². The van der Waals surface area contributed by atoms with Gasteiger partial charge in [0.15, 0.2) is 0 Å². The summed E-state index contributed by atoms with van der Waals surface area (Å²) < 4.78 is 0. The Kier molecular flexibility index (Phi) is 5.19. The molecule has 5 nitrogen and oxygen atoms in total. The summed E-state index contributed by atoms with van der Waals surface area (Å²) in [5.74, 6) is -0.193. The van der Waals surface area contributed by atoms with Crippen molar-refractivity contribution in [3.63, 3.8) is 0 Å².